The first-order valence-corrected chi connectivity index (χ1v) is 11.6. The number of aryl methyl sites for hydroxylation is 1. The third-order valence-corrected chi connectivity index (χ3v) is 5.55. The van der Waals surface area contributed by atoms with Crippen molar-refractivity contribution in [1.82, 2.24) is 16.0 Å². The molecular weight excluding hydrogens is 461 g/mol. The molecule has 0 fully saturated rings. The van der Waals surface area contributed by atoms with Crippen LogP contribution in [0.2, 0.25) is 0 Å². The summed E-state index contributed by atoms with van der Waals surface area (Å²) < 4.78 is 38.8. The maximum atomic E-state index is 12.9. The summed E-state index contributed by atoms with van der Waals surface area (Å²) in [7, 11) is 0. The molecule has 6 N–H and O–H groups in total. The molecule has 2 amide bonds. The van der Waals surface area contributed by atoms with Crippen molar-refractivity contribution < 1.29 is 27.9 Å². The molecule has 0 bridgehead atoms. The number of aliphatic hydroxyl groups is 1. The van der Waals surface area contributed by atoms with E-state index in [0.717, 1.165) is 24.1 Å². The van der Waals surface area contributed by atoms with Gasteiger partial charge in [0.05, 0.1) is 29.8 Å². The molecule has 0 aliphatic carbocycles. The SMILES string of the molecule is CCC[C@H](O)[C@H](CNCc1ccc(CC)cc1)NC(=O)CNC(=O)c1cc(C(F)(F)F)ccc1N. The topological polar surface area (TPSA) is 116 Å². The van der Waals surface area contributed by atoms with Crippen LogP contribution in [-0.2, 0) is 23.9 Å². The maximum absolute atomic E-state index is 12.9. The third-order valence-electron chi connectivity index (χ3n) is 5.55. The van der Waals surface area contributed by atoms with Gasteiger partial charge in [0.1, 0.15) is 0 Å². The summed E-state index contributed by atoms with van der Waals surface area (Å²) in [5, 5.41) is 18.6. The first-order valence-electron chi connectivity index (χ1n) is 11.6. The molecule has 0 aromatic heterocycles. The number of anilines is 1. The Morgan fingerprint density at radius 2 is 1.71 bits per heavy atom. The minimum atomic E-state index is -4.63. The Bertz CT molecular complexity index is 981. The minimum Gasteiger partial charge on any atom is -0.398 e. The van der Waals surface area contributed by atoms with Crippen LogP contribution in [-0.4, -0.2) is 42.2 Å². The molecule has 0 aliphatic heterocycles. The zero-order valence-corrected chi connectivity index (χ0v) is 19.9. The fraction of sp³-hybridized carbons (Fsp3) is 0.440. The summed E-state index contributed by atoms with van der Waals surface area (Å²) in [5.74, 6) is -1.48. The van der Waals surface area contributed by atoms with Crippen LogP contribution in [0.3, 0.4) is 0 Å². The van der Waals surface area contributed by atoms with E-state index in [0.29, 0.717) is 25.5 Å². The van der Waals surface area contributed by atoms with E-state index in [4.69, 9.17) is 5.73 Å². The summed E-state index contributed by atoms with van der Waals surface area (Å²) in [5.41, 5.74) is 6.41. The predicted molar refractivity (Wildman–Crippen MR) is 129 cm³/mol. The number of hydrogen-bond donors (Lipinski definition) is 5. The highest BCUT2D eigenvalue weighted by Crippen LogP contribution is 2.31. The van der Waals surface area contributed by atoms with Gasteiger partial charge in [0.2, 0.25) is 5.91 Å². The second-order valence-corrected chi connectivity index (χ2v) is 8.31. The van der Waals surface area contributed by atoms with E-state index in [1.807, 2.05) is 31.2 Å². The first kappa shape index (κ1) is 28.1. The summed E-state index contributed by atoms with van der Waals surface area (Å²) in [4.78, 5) is 24.8. The van der Waals surface area contributed by atoms with Gasteiger partial charge < -0.3 is 26.8 Å². The summed E-state index contributed by atoms with van der Waals surface area (Å²) >= 11 is 0. The van der Waals surface area contributed by atoms with Crippen LogP contribution in [0.25, 0.3) is 0 Å². The fourth-order valence-corrected chi connectivity index (χ4v) is 3.49. The van der Waals surface area contributed by atoms with Crippen molar-refractivity contribution in [3.05, 3.63) is 64.7 Å². The lowest BCUT2D eigenvalue weighted by Crippen LogP contribution is -2.51. The number of alkyl halides is 3. The van der Waals surface area contributed by atoms with E-state index >= 15 is 0 Å². The molecular formula is C25H33F3N4O3. The van der Waals surface area contributed by atoms with Crippen LogP contribution < -0.4 is 21.7 Å². The summed E-state index contributed by atoms with van der Waals surface area (Å²) in [6.45, 7) is 4.33. The van der Waals surface area contributed by atoms with E-state index in [-0.39, 0.29) is 17.8 Å². The molecule has 0 radical (unpaired) electrons. The lowest BCUT2D eigenvalue weighted by molar-refractivity contribution is -0.137. The number of carbonyl (C=O) groups is 2. The Labute approximate surface area is 203 Å². The van der Waals surface area contributed by atoms with E-state index in [1.54, 1.807) is 0 Å². The number of nitrogen functional groups attached to an aromatic ring is 1. The van der Waals surface area contributed by atoms with Gasteiger partial charge >= 0.3 is 6.18 Å². The van der Waals surface area contributed by atoms with Crippen LogP contribution in [0.5, 0.6) is 0 Å². The van der Waals surface area contributed by atoms with Crippen LogP contribution in [0.1, 0.15) is 53.7 Å². The number of nitrogens with one attached hydrogen (secondary N) is 3. The molecule has 2 atom stereocenters. The van der Waals surface area contributed by atoms with Gasteiger partial charge in [-0.3, -0.25) is 9.59 Å². The van der Waals surface area contributed by atoms with Gasteiger partial charge in [-0.2, -0.15) is 13.2 Å². The number of hydrogen-bond acceptors (Lipinski definition) is 5. The Hall–Kier alpha value is -3.11. The van der Waals surface area contributed by atoms with E-state index in [9.17, 15) is 27.9 Å². The number of carbonyl (C=O) groups excluding carboxylic acids is 2. The van der Waals surface area contributed by atoms with Crippen molar-refractivity contribution in [2.24, 2.45) is 0 Å². The molecule has 10 heteroatoms. The van der Waals surface area contributed by atoms with Crippen molar-refractivity contribution in [3.8, 4) is 0 Å². The lowest BCUT2D eigenvalue weighted by atomic mass is 10.1. The number of amides is 2. The van der Waals surface area contributed by atoms with Crippen molar-refractivity contribution in [2.75, 3.05) is 18.8 Å². The molecule has 2 aromatic rings. The van der Waals surface area contributed by atoms with Gasteiger partial charge in [0.25, 0.3) is 5.91 Å². The molecule has 0 saturated heterocycles. The molecule has 35 heavy (non-hydrogen) atoms. The monoisotopic (exact) mass is 494 g/mol. The smallest absolute Gasteiger partial charge is 0.398 e. The molecule has 0 spiro atoms. The number of nitrogens with two attached hydrogens (primary N) is 1. The van der Waals surface area contributed by atoms with E-state index in [2.05, 4.69) is 22.9 Å². The average molecular weight is 495 g/mol. The number of halogens is 3. The van der Waals surface area contributed by atoms with Crippen molar-refractivity contribution in [2.45, 2.75) is 58.0 Å². The van der Waals surface area contributed by atoms with Gasteiger partial charge in [-0.25, -0.2) is 0 Å². The normalized spacial score (nSPS) is 13.2. The third kappa shape index (κ3) is 8.88. The number of rotatable bonds is 12. The largest absolute Gasteiger partial charge is 0.416 e. The Kier molecular flexibility index (Phi) is 10.5. The van der Waals surface area contributed by atoms with Gasteiger partial charge in [-0.05, 0) is 42.2 Å². The molecule has 2 aromatic carbocycles. The molecule has 0 aliphatic rings. The second-order valence-electron chi connectivity index (χ2n) is 8.31. The Balaban J connectivity index is 1.93. The van der Waals surface area contributed by atoms with E-state index in [1.165, 1.54) is 5.56 Å². The summed E-state index contributed by atoms with van der Waals surface area (Å²) in [6.07, 6.45) is -3.33. The van der Waals surface area contributed by atoms with Gasteiger partial charge in [0.15, 0.2) is 0 Å². The van der Waals surface area contributed by atoms with Crippen molar-refractivity contribution in [3.63, 3.8) is 0 Å². The van der Waals surface area contributed by atoms with E-state index < -0.39 is 42.2 Å². The average Bonchev–Trinajstić information content (AvgIpc) is 2.82. The maximum Gasteiger partial charge on any atom is 0.416 e. The number of benzene rings is 2. The molecule has 192 valence electrons. The molecule has 0 heterocycles. The zero-order valence-electron chi connectivity index (χ0n) is 19.9. The zero-order chi connectivity index (χ0) is 26.0. The fourth-order valence-electron chi connectivity index (χ4n) is 3.49. The predicted octanol–water partition coefficient (Wildman–Crippen LogP) is 3.02. The van der Waals surface area contributed by atoms with Crippen LogP contribution in [0, 0.1) is 0 Å². The minimum absolute atomic E-state index is 0.136. The molecule has 2 rings (SSSR count). The Morgan fingerprint density at radius 3 is 2.31 bits per heavy atom. The summed E-state index contributed by atoms with van der Waals surface area (Å²) in [6, 6.07) is 9.92. The molecule has 7 nitrogen and oxygen atoms in total. The van der Waals surface area contributed by atoms with Crippen LogP contribution in [0.15, 0.2) is 42.5 Å². The molecule has 0 unspecified atom stereocenters. The second kappa shape index (κ2) is 13.1. The highest BCUT2D eigenvalue weighted by molar-refractivity contribution is 6.00. The lowest BCUT2D eigenvalue weighted by Gasteiger charge is -2.24. The number of aliphatic hydroxyl groups excluding tert-OH is 1. The van der Waals surface area contributed by atoms with Crippen molar-refractivity contribution >= 4 is 17.5 Å². The molecule has 0 saturated carbocycles. The quantitative estimate of drug-likeness (QED) is 0.291. The standard InChI is InChI=1S/C25H33F3N4O3/c1-3-5-22(33)21(14-30-13-17-8-6-16(4-2)7-9-17)32-23(34)15-31-24(35)19-12-18(25(26,27)28)10-11-20(19)29/h6-12,21-22,30,33H,3-5,13-15,29H2,1-2H3,(H,31,35)(H,32,34)/t21-,22-/m0/s1. The highest BCUT2D eigenvalue weighted by atomic mass is 19.4. The first-order chi connectivity index (χ1) is 16.5. The van der Waals surface area contributed by atoms with Gasteiger partial charge in [-0.1, -0.05) is 44.5 Å². The van der Waals surface area contributed by atoms with Crippen molar-refractivity contribution in [1.29, 1.82) is 0 Å². The van der Waals surface area contributed by atoms with Gasteiger partial charge in [0, 0.05) is 18.8 Å². The highest BCUT2D eigenvalue weighted by Gasteiger charge is 2.31. The van der Waals surface area contributed by atoms with Crippen LogP contribution >= 0.6 is 0 Å². The van der Waals surface area contributed by atoms with Gasteiger partial charge in [-0.15, -0.1) is 0 Å². The Morgan fingerprint density at radius 1 is 1.06 bits per heavy atom. The van der Waals surface area contributed by atoms with Crippen LogP contribution in [0.4, 0.5) is 18.9 Å².